The molecule has 1 N–H and O–H groups in total. The Hall–Kier alpha value is -1.22. The second-order valence-corrected chi connectivity index (χ2v) is 5.11. The molecule has 0 radical (unpaired) electrons. The number of rotatable bonds is 6. The highest BCUT2D eigenvalue weighted by Crippen LogP contribution is 2.40. The zero-order valence-electron chi connectivity index (χ0n) is 11.0. The number of para-hydroxylation sites is 2. The Kier molecular flexibility index (Phi) is 4.48. The molecular weight excluding hydrogens is 228 g/mol. The van der Waals surface area contributed by atoms with Crippen LogP contribution in [0.15, 0.2) is 24.3 Å². The summed E-state index contributed by atoms with van der Waals surface area (Å²) in [5, 5.41) is 9.53. The maximum Gasteiger partial charge on any atom is 0.161 e. The summed E-state index contributed by atoms with van der Waals surface area (Å²) in [5.74, 6) is 1.55. The molecule has 1 aliphatic carbocycles. The maximum absolute atomic E-state index is 9.53. The quantitative estimate of drug-likeness (QED) is 0.843. The first-order valence-corrected chi connectivity index (χ1v) is 6.66. The van der Waals surface area contributed by atoms with Crippen LogP contribution in [0.1, 0.15) is 32.1 Å². The summed E-state index contributed by atoms with van der Waals surface area (Å²) >= 11 is 0. The molecule has 3 nitrogen and oxygen atoms in total. The Labute approximate surface area is 109 Å². The Bertz CT molecular complexity index is 370. The van der Waals surface area contributed by atoms with Gasteiger partial charge in [0.2, 0.25) is 0 Å². The van der Waals surface area contributed by atoms with E-state index in [1.807, 2.05) is 24.3 Å². The summed E-state index contributed by atoms with van der Waals surface area (Å²) in [6.45, 7) is 0.920. The molecule has 100 valence electrons. The second-order valence-electron chi connectivity index (χ2n) is 5.11. The van der Waals surface area contributed by atoms with E-state index in [4.69, 9.17) is 9.47 Å². The topological polar surface area (TPSA) is 38.7 Å². The molecule has 0 bridgehead atoms. The largest absolute Gasteiger partial charge is 0.493 e. The van der Waals surface area contributed by atoms with Crippen LogP contribution in [0.5, 0.6) is 11.5 Å². The molecule has 1 aliphatic rings. The number of benzene rings is 1. The van der Waals surface area contributed by atoms with Crippen LogP contribution < -0.4 is 9.47 Å². The van der Waals surface area contributed by atoms with Gasteiger partial charge in [-0.15, -0.1) is 0 Å². The van der Waals surface area contributed by atoms with Crippen molar-refractivity contribution < 1.29 is 14.6 Å². The molecule has 18 heavy (non-hydrogen) atoms. The molecule has 3 heteroatoms. The molecule has 1 fully saturated rings. The van der Waals surface area contributed by atoms with E-state index >= 15 is 0 Å². The molecule has 1 aromatic rings. The number of methoxy groups -OCH3 is 1. The average Bonchev–Trinajstić information content (AvgIpc) is 2.89. The third-order valence-corrected chi connectivity index (χ3v) is 3.96. The molecule has 2 rings (SSSR count). The molecule has 1 aromatic carbocycles. The summed E-state index contributed by atoms with van der Waals surface area (Å²) in [6.07, 6.45) is 5.63. The lowest BCUT2D eigenvalue weighted by molar-refractivity contribution is 0.100. The minimum atomic E-state index is 0.0992. The van der Waals surface area contributed by atoms with E-state index in [-0.39, 0.29) is 12.0 Å². The van der Waals surface area contributed by atoms with E-state index in [2.05, 4.69) is 0 Å². The third kappa shape index (κ3) is 2.96. The van der Waals surface area contributed by atoms with Gasteiger partial charge in [-0.25, -0.2) is 0 Å². The predicted molar refractivity (Wildman–Crippen MR) is 71.1 cm³/mol. The third-order valence-electron chi connectivity index (χ3n) is 3.96. The summed E-state index contributed by atoms with van der Waals surface area (Å²) in [7, 11) is 1.65. The van der Waals surface area contributed by atoms with Crippen molar-refractivity contribution in [3.05, 3.63) is 24.3 Å². The first-order valence-electron chi connectivity index (χ1n) is 6.66. The lowest BCUT2D eigenvalue weighted by Crippen LogP contribution is -2.24. The highest BCUT2D eigenvalue weighted by atomic mass is 16.5. The van der Waals surface area contributed by atoms with Crippen LogP contribution in [0.3, 0.4) is 0 Å². The minimum absolute atomic E-state index is 0.0992. The molecule has 1 saturated carbocycles. The average molecular weight is 250 g/mol. The van der Waals surface area contributed by atoms with Gasteiger partial charge in [-0.1, -0.05) is 25.0 Å². The lowest BCUT2D eigenvalue weighted by atomic mass is 9.84. The summed E-state index contributed by atoms with van der Waals surface area (Å²) in [6, 6.07) is 7.68. The number of ether oxygens (including phenoxy) is 2. The molecule has 0 spiro atoms. The molecule has 0 aromatic heterocycles. The maximum atomic E-state index is 9.53. The van der Waals surface area contributed by atoms with E-state index in [0.29, 0.717) is 6.61 Å². The van der Waals surface area contributed by atoms with Crippen LogP contribution >= 0.6 is 0 Å². The zero-order valence-corrected chi connectivity index (χ0v) is 11.0. The van der Waals surface area contributed by atoms with E-state index in [0.717, 1.165) is 30.8 Å². The number of aliphatic hydroxyl groups excluding tert-OH is 1. The van der Waals surface area contributed by atoms with Gasteiger partial charge in [0.05, 0.1) is 13.7 Å². The number of hydrogen-bond donors (Lipinski definition) is 1. The van der Waals surface area contributed by atoms with Gasteiger partial charge in [-0.2, -0.15) is 0 Å². The van der Waals surface area contributed by atoms with Gasteiger partial charge >= 0.3 is 0 Å². The van der Waals surface area contributed by atoms with Crippen LogP contribution in [0.25, 0.3) is 0 Å². The van der Waals surface area contributed by atoms with Gasteiger partial charge in [-0.3, -0.25) is 0 Å². The highest BCUT2D eigenvalue weighted by Gasteiger charge is 2.32. The van der Waals surface area contributed by atoms with E-state index in [9.17, 15) is 5.11 Å². The first kappa shape index (κ1) is 13.2. The second kappa shape index (κ2) is 6.10. The van der Waals surface area contributed by atoms with Crippen molar-refractivity contribution >= 4 is 0 Å². The van der Waals surface area contributed by atoms with Crippen molar-refractivity contribution in [2.45, 2.75) is 32.1 Å². The zero-order chi connectivity index (χ0) is 12.8. The minimum Gasteiger partial charge on any atom is -0.493 e. The van der Waals surface area contributed by atoms with E-state index in [1.54, 1.807) is 7.11 Å². The van der Waals surface area contributed by atoms with Crippen molar-refractivity contribution in [2.75, 3.05) is 20.3 Å². The number of hydrogen-bond acceptors (Lipinski definition) is 3. The van der Waals surface area contributed by atoms with Crippen LogP contribution in [0.2, 0.25) is 0 Å². The van der Waals surface area contributed by atoms with Gasteiger partial charge < -0.3 is 14.6 Å². The summed E-state index contributed by atoms with van der Waals surface area (Å²) in [5.41, 5.74) is 0.0992. The molecule has 0 amide bonds. The van der Waals surface area contributed by atoms with Gasteiger partial charge in [-0.05, 0) is 36.8 Å². The van der Waals surface area contributed by atoms with Crippen LogP contribution in [0.4, 0.5) is 0 Å². The SMILES string of the molecule is COc1ccccc1OCCC1(CO)CCCC1. The first-order chi connectivity index (χ1) is 8.79. The van der Waals surface area contributed by atoms with Crippen molar-refractivity contribution in [1.82, 2.24) is 0 Å². The molecular formula is C15H22O3. The van der Waals surface area contributed by atoms with Crippen LogP contribution in [-0.2, 0) is 0 Å². The Morgan fingerprint density at radius 2 is 1.83 bits per heavy atom. The van der Waals surface area contributed by atoms with Crippen molar-refractivity contribution in [2.24, 2.45) is 5.41 Å². The molecule has 0 heterocycles. The Morgan fingerprint density at radius 1 is 1.17 bits per heavy atom. The monoisotopic (exact) mass is 250 g/mol. The van der Waals surface area contributed by atoms with Crippen LogP contribution in [0, 0.1) is 5.41 Å². The Balaban J connectivity index is 1.88. The fourth-order valence-electron chi connectivity index (χ4n) is 2.73. The van der Waals surface area contributed by atoms with Gasteiger partial charge in [0.1, 0.15) is 0 Å². The van der Waals surface area contributed by atoms with Crippen molar-refractivity contribution in [3.63, 3.8) is 0 Å². The predicted octanol–water partition coefficient (Wildman–Crippen LogP) is 3.02. The smallest absolute Gasteiger partial charge is 0.161 e. The summed E-state index contributed by atoms with van der Waals surface area (Å²) in [4.78, 5) is 0. The van der Waals surface area contributed by atoms with E-state index < -0.39 is 0 Å². The lowest BCUT2D eigenvalue weighted by Gasteiger charge is -2.26. The standard InChI is InChI=1S/C15H22O3/c1-17-13-6-2-3-7-14(13)18-11-10-15(12-16)8-4-5-9-15/h2-3,6-7,16H,4-5,8-12H2,1H3. The molecule has 0 unspecified atom stereocenters. The number of aliphatic hydroxyl groups is 1. The molecule has 0 atom stereocenters. The molecule has 0 aliphatic heterocycles. The fourth-order valence-corrected chi connectivity index (χ4v) is 2.73. The fraction of sp³-hybridized carbons (Fsp3) is 0.600. The van der Waals surface area contributed by atoms with Crippen LogP contribution in [-0.4, -0.2) is 25.4 Å². The molecule has 0 saturated heterocycles. The van der Waals surface area contributed by atoms with Crippen molar-refractivity contribution in [3.8, 4) is 11.5 Å². The van der Waals surface area contributed by atoms with E-state index in [1.165, 1.54) is 12.8 Å². The van der Waals surface area contributed by atoms with Gasteiger partial charge in [0.25, 0.3) is 0 Å². The highest BCUT2D eigenvalue weighted by molar-refractivity contribution is 5.39. The summed E-state index contributed by atoms with van der Waals surface area (Å²) < 4.78 is 11.0. The Morgan fingerprint density at radius 3 is 2.44 bits per heavy atom. The van der Waals surface area contributed by atoms with Gasteiger partial charge in [0.15, 0.2) is 11.5 Å². The van der Waals surface area contributed by atoms with Gasteiger partial charge in [0, 0.05) is 6.61 Å². The van der Waals surface area contributed by atoms with Crippen molar-refractivity contribution in [1.29, 1.82) is 0 Å². The normalized spacial score (nSPS) is 17.7.